The quantitative estimate of drug-likeness (QED) is 0.459. The van der Waals surface area contributed by atoms with Gasteiger partial charge in [-0.3, -0.25) is 10.2 Å². The van der Waals surface area contributed by atoms with Gasteiger partial charge in [0.1, 0.15) is 5.75 Å². The Bertz CT molecular complexity index is 854. The van der Waals surface area contributed by atoms with Crippen LogP contribution < -0.4 is 15.0 Å². The molecular formula is C19H23ClN2O4S. The molecule has 0 aromatic heterocycles. The second kappa shape index (κ2) is 10.3. The molecule has 0 bridgehead atoms. The molecule has 2 aromatic carbocycles. The number of hydrogen-bond donors (Lipinski definition) is 2. The third-order valence-corrected chi connectivity index (χ3v) is 5.27. The second-order valence-electron chi connectivity index (χ2n) is 5.95. The molecule has 0 heterocycles. The van der Waals surface area contributed by atoms with Gasteiger partial charge in [-0.25, -0.2) is 8.42 Å². The smallest absolute Gasteiger partial charge is 0.266 e. The van der Waals surface area contributed by atoms with E-state index in [1.54, 1.807) is 30.3 Å². The van der Waals surface area contributed by atoms with Crippen molar-refractivity contribution in [2.24, 2.45) is 0 Å². The van der Waals surface area contributed by atoms with Crippen LogP contribution >= 0.6 is 11.6 Å². The van der Waals surface area contributed by atoms with E-state index in [-0.39, 0.29) is 9.92 Å². The maximum absolute atomic E-state index is 12.2. The minimum Gasteiger partial charge on any atom is -0.494 e. The molecule has 0 spiro atoms. The summed E-state index contributed by atoms with van der Waals surface area (Å²) in [6, 6.07) is 12.3. The van der Waals surface area contributed by atoms with Crippen LogP contribution in [0.4, 0.5) is 0 Å². The summed E-state index contributed by atoms with van der Waals surface area (Å²) in [6.45, 7) is 2.78. The van der Waals surface area contributed by atoms with Crippen molar-refractivity contribution in [2.45, 2.75) is 37.5 Å². The Hall–Kier alpha value is -2.09. The van der Waals surface area contributed by atoms with Crippen LogP contribution in [0.2, 0.25) is 5.02 Å². The van der Waals surface area contributed by atoms with Gasteiger partial charge in [-0.1, -0.05) is 43.9 Å². The van der Waals surface area contributed by atoms with Gasteiger partial charge in [0.25, 0.3) is 15.9 Å². The Kier molecular flexibility index (Phi) is 8.09. The van der Waals surface area contributed by atoms with Gasteiger partial charge in [0.05, 0.1) is 11.5 Å². The van der Waals surface area contributed by atoms with E-state index in [4.69, 9.17) is 16.3 Å². The highest BCUT2D eigenvalue weighted by molar-refractivity contribution is 7.89. The fraction of sp³-hybridized carbons (Fsp3) is 0.316. The van der Waals surface area contributed by atoms with Gasteiger partial charge >= 0.3 is 0 Å². The number of amides is 1. The summed E-state index contributed by atoms with van der Waals surface area (Å²) >= 11 is 5.79. The van der Waals surface area contributed by atoms with E-state index in [0.29, 0.717) is 17.9 Å². The number of halogens is 1. The molecule has 0 unspecified atom stereocenters. The molecule has 8 heteroatoms. The van der Waals surface area contributed by atoms with Crippen molar-refractivity contribution in [1.82, 2.24) is 10.3 Å². The summed E-state index contributed by atoms with van der Waals surface area (Å²) in [5, 5.41) is 0.287. The van der Waals surface area contributed by atoms with E-state index >= 15 is 0 Å². The lowest BCUT2D eigenvalue weighted by molar-refractivity contribution is 0.0945. The minimum atomic E-state index is -3.90. The topological polar surface area (TPSA) is 84.5 Å². The number of ether oxygens (including phenoxy) is 1. The first-order valence-electron chi connectivity index (χ1n) is 8.73. The SMILES string of the molecule is CCCCCCOc1ccc(C(=O)NNS(=O)(=O)c2cccc(Cl)c2)cc1. The number of unbranched alkanes of at least 4 members (excludes halogenated alkanes) is 3. The van der Waals surface area contributed by atoms with Crippen molar-refractivity contribution in [2.75, 3.05) is 6.61 Å². The Balaban J connectivity index is 1.87. The van der Waals surface area contributed by atoms with E-state index in [0.717, 1.165) is 12.8 Å². The molecule has 27 heavy (non-hydrogen) atoms. The fourth-order valence-electron chi connectivity index (χ4n) is 2.30. The van der Waals surface area contributed by atoms with Crippen LogP contribution in [0, 0.1) is 0 Å². The van der Waals surface area contributed by atoms with Gasteiger partial charge in [0, 0.05) is 10.6 Å². The number of hydrogen-bond acceptors (Lipinski definition) is 4. The zero-order chi connectivity index (χ0) is 19.7. The predicted molar refractivity (Wildman–Crippen MR) is 105 cm³/mol. The Labute approximate surface area is 164 Å². The highest BCUT2D eigenvalue weighted by atomic mass is 35.5. The van der Waals surface area contributed by atoms with Crippen molar-refractivity contribution >= 4 is 27.5 Å². The Morgan fingerprint density at radius 3 is 2.48 bits per heavy atom. The van der Waals surface area contributed by atoms with E-state index in [1.807, 2.05) is 0 Å². The van der Waals surface area contributed by atoms with Crippen molar-refractivity contribution in [1.29, 1.82) is 0 Å². The lowest BCUT2D eigenvalue weighted by Gasteiger charge is -2.10. The number of hydrazine groups is 1. The van der Waals surface area contributed by atoms with E-state index in [9.17, 15) is 13.2 Å². The number of rotatable bonds is 10. The lowest BCUT2D eigenvalue weighted by Crippen LogP contribution is -2.41. The summed E-state index contributed by atoms with van der Waals surface area (Å²) < 4.78 is 29.9. The molecule has 0 aliphatic heterocycles. The molecule has 0 aliphatic rings. The van der Waals surface area contributed by atoms with Crippen molar-refractivity contribution in [3.8, 4) is 5.75 Å². The summed E-state index contributed by atoms with van der Waals surface area (Å²) in [5.74, 6) is 0.0951. The van der Waals surface area contributed by atoms with Gasteiger partial charge in [0.15, 0.2) is 0 Å². The highest BCUT2D eigenvalue weighted by Crippen LogP contribution is 2.15. The Morgan fingerprint density at radius 2 is 1.81 bits per heavy atom. The number of carbonyl (C=O) groups excluding carboxylic acids is 1. The number of benzene rings is 2. The van der Waals surface area contributed by atoms with Crippen molar-refractivity contribution < 1.29 is 17.9 Å². The summed E-state index contributed by atoms with van der Waals surface area (Å²) in [6.07, 6.45) is 4.48. The summed E-state index contributed by atoms with van der Waals surface area (Å²) in [4.78, 5) is 14.1. The highest BCUT2D eigenvalue weighted by Gasteiger charge is 2.16. The van der Waals surface area contributed by atoms with Crippen LogP contribution in [0.25, 0.3) is 0 Å². The molecule has 0 aliphatic carbocycles. The van der Waals surface area contributed by atoms with Gasteiger partial charge in [0.2, 0.25) is 0 Å². The first kappa shape index (κ1) is 21.2. The third kappa shape index (κ3) is 6.86. The fourth-order valence-corrected chi connectivity index (χ4v) is 3.44. The standard InChI is InChI=1S/C19H23ClN2O4S/c1-2-3-4-5-13-26-17-11-9-15(10-12-17)19(23)21-22-27(24,25)18-8-6-7-16(20)14-18/h6-12,14,22H,2-5,13H2,1H3,(H,21,23). The zero-order valence-electron chi connectivity index (χ0n) is 15.1. The molecule has 0 saturated carbocycles. The average molecular weight is 411 g/mol. The molecule has 0 atom stereocenters. The number of sulfonamides is 1. The largest absolute Gasteiger partial charge is 0.494 e. The van der Waals surface area contributed by atoms with E-state index in [1.165, 1.54) is 31.0 Å². The third-order valence-electron chi connectivity index (χ3n) is 3.79. The molecule has 6 nitrogen and oxygen atoms in total. The van der Waals surface area contributed by atoms with Gasteiger partial charge in [-0.2, -0.15) is 0 Å². The number of nitrogens with one attached hydrogen (secondary N) is 2. The van der Waals surface area contributed by atoms with Crippen LogP contribution in [0.15, 0.2) is 53.4 Å². The van der Waals surface area contributed by atoms with Crippen LogP contribution in [0.3, 0.4) is 0 Å². The summed E-state index contributed by atoms with van der Waals surface area (Å²) in [7, 11) is -3.90. The van der Waals surface area contributed by atoms with E-state index < -0.39 is 15.9 Å². The molecule has 146 valence electrons. The first-order chi connectivity index (χ1) is 12.9. The molecule has 2 rings (SSSR count). The van der Waals surface area contributed by atoms with Crippen LogP contribution in [0.1, 0.15) is 43.0 Å². The molecule has 0 radical (unpaired) electrons. The van der Waals surface area contributed by atoms with Gasteiger partial charge in [-0.05, 0) is 48.9 Å². The molecular weight excluding hydrogens is 388 g/mol. The maximum atomic E-state index is 12.2. The minimum absolute atomic E-state index is 0.0397. The molecule has 2 N–H and O–H groups in total. The maximum Gasteiger partial charge on any atom is 0.266 e. The monoisotopic (exact) mass is 410 g/mol. The molecule has 2 aromatic rings. The van der Waals surface area contributed by atoms with Crippen LogP contribution in [0.5, 0.6) is 5.75 Å². The van der Waals surface area contributed by atoms with E-state index in [2.05, 4.69) is 17.2 Å². The molecule has 0 fully saturated rings. The second-order valence-corrected chi connectivity index (χ2v) is 8.07. The molecule has 1 amide bonds. The normalized spacial score (nSPS) is 11.2. The van der Waals surface area contributed by atoms with Crippen LogP contribution in [-0.4, -0.2) is 20.9 Å². The van der Waals surface area contributed by atoms with Gasteiger partial charge in [-0.15, -0.1) is 4.83 Å². The van der Waals surface area contributed by atoms with Crippen molar-refractivity contribution in [3.05, 3.63) is 59.1 Å². The van der Waals surface area contributed by atoms with Crippen LogP contribution in [-0.2, 0) is 10.0 Å². The van der Waals surface area contributed by atoms with Gasteiger partial charge < -0.3 is 4.74 Å². The zero-order valence-corrected chi connectivity index (χ0v) is 16.6. The molecule has 0 saturated heterocycles. The average Bonchev–Trinajstić information content (AvgIpc) is 2.66. The number of carbonyl (C=O) groups is 1. The Morgan fingerprint density at radius 1 is 1.07 bits per heavy atom. The summed E-state index contributed by atoms with van der Waals surface area (Å²) in [5.41, 5.74) is 2.49. The predicted octanol–water partition coefficient (Wildman–Crippen LogP) is 3.92. The van der Waals surface area contributed by atoms with Crippen molar-refractivity contribution in [3.63, 3.8) is 0 Å². The lowest BCUT2D eigenvalue weighted by atomic mass is 10.2. The first-order valence-corrected chi connectivity index (χ1v) is 10.6.